The van der Waals surface area contributed by atoms with Crippen molar-refractivity contribution in [1.29, 1.82) is 0 Å². The standard InChI is InChI=1S/C16H21N3O4/c1-11-14(19-10-18-11)15(21)13(20)7-8-17-16(22)23-9-12-5-3-2-4-6-12/h2-6,10,13,15,20-21H,7-9H2,1H3,(H,17,22)(H,18,19). The van der Waals surface area contributed by atoms with Crippen molar-refractivity contribution in [2.24, 2.45) is 0 Å². The van der Waals surface area contributed by atoms with Gasteiger partial charge in [-0.25, -0.2) is 9.78 Å². The van der Waals surface area contributed by atoms with Crippen LogP contribution in [0.15, 0.2) is 36.7 Å². The number of amides is 1. The van der Waals surface area contributed by atoms with E-state index in [1.54, 1.807) is 6.92 Å². The van der Waals surface area contributed by atoms with Crippen LogP contribution < -0.4 is 5.32 Å². The van der Waals surface area contributed by atoms with Crippen LogP contribution >= 0.6 is 0 Å². The molecule has 0 spiro atoms. The number of carbonyl (C=O) groups is 1. The van der Waals surface area contributed by atoms with Crippen molar-refractivity contribution >= 4 is 6.09 Å². The molecule has 2 rings (SSSR count). The minimum atomic E-state index is -1.09. The van der Waals surface area contributed by atoms with Gasteiger partial charge in [0.25, 0.3) is 0 Å². The number of imidazole rings is 1. The average Bonchev–Trinajstić information content (AvgIpc) is 2.99. The molecule has 2 unspecified atom stereocenters. The molecular weight excluding hydrogens is 298 g/mol. The van der Waals surface area contributed by atoms with Gasteiger partial charge in [0, 0.05) is 12.2 Å². The highest BCUT2D eigenvalue weighted by atomic mass is 16.5. The third-order valence-corrected chi connectivity index (χ3v) is 3.44. The lowest BCUT2D eigenvalue weighted by Crippen LogP contribution is -2.30. The number of carbonyl (C=O) groups excluding carboxylic acids is 1. The van der Waals surface area contributed by atoms with Crippen LogP contribution in [0.4, 0.5) is 4.79 Å². The van der Waals surface area contributed by atoms with Crippen LogP contribution in [0.3, 0.4) is 0 Å². The van der Waals surface area contributed by atoms with Crippen molar-refractivity contribution in [2.45, 2.75) is 32.2 Å². The molecule has 0 saturated heterocycles. The first kappa shape index (κ1) is 17.0. The molecule has 0 aliphatic rings. The molecule has 1 heterocycles. The first-order valence-electron chi connectivity index (χ1n) is 7.38. The molecule has 0 fully saturated rings. The van der Waals surface area contributed by atoms with Crippen LogP contribution in [0.25, 0.3) is 0 Å². The number of aromatic nitrogens is 2. The Labute approximate surface area is 134 Å². The molecule has 1 amide bonds. The highest BCUT2D eigenvalue weighted by Crippen LogP contribution is 2.18. The van der Waals surface area contributed by atoms with Gasteiger partial charge < -0.3 is 25.3 Å². The predicted molar refractivity (Wildman–Crippen MR) is 83.5 cm³/mol. The van der Waals surface area contributed by atoms with Crippen molar-refractivity contribution < 1.29 is 19.7 Å². The number of benzene rings is 1. The fourth-order valence-corrected chi connectivity index (χ4v) is 2.10. The Morgan fingerprint density at radius 3 is 2.74 bits per heavy atom. The molecule has 0 aliphatic carbocycles. The summed E-state index contributed by atoms with van der Waals surface area (Å²) in [5, 5.41) is 22.5. The van der Waals surface area contributed by atoms with Crippen LogP contribution in [0.1, 0.15) is 29.5 Å². The fraction of sp³-hybridized carbons (Fsp3) is 0.375. The van der Waals surface area contributed by atoms with Crippen molar-refractivity contribution in [3.8, 4) is 0 Å². The molecule has 23 heavy (non-hydrogen) atoms. The predicted octanol–water partition coefficient (Wildman–Crippen LogP) is 1.43. The average molecular weight is 319 g/mol. The number of rotatable bonds is 7. The lowest BCUT2D eigenvalue weighted by atomic mass is 10.1. The summed E-state index contributed by atoms with van der Waals surface area (Å²) in [6, 6.07) is 9.34. The van der Waals surface area contributed by atoms with E-state index in [2.05, 4.69) is 15.3 Å². The summed E-state index contributed by atoms with van der Waals surface area (Å²) in [4.78, 5) is 18.4. The maximum Gasteiger partial charge on any atom is 0.407 e. The van der Waals surface area contributed by atoms with Crippen LogP contribution in [0.5, 0.6) is 0 Å². The second-order valence-electron chi connectivity index (χ2n) is 5.20. The summed E-state index contributed by atoms with van der Waals surface area (Å²) in [5.74, 6) is 0. The first-order chi connectivity index (χ1) is 11.1. The zero-order valence-corrected chi connectivity index (χ0v) is 12.9. The van der Waals surface area contributed by atoms with Gasteiger partial charge in [-0.3, -0.25) is 0 Å². The third kappa shape index (κ3) is 5.08. The second-order valence-corrected chi connectivity index (χ2v) is 5.20. The first-order valence-corrected chi connectivity index (χ1v) is 7.38. The largest absolute Gasteiger partial charge is 0.445 e. The zero-order chi connectivity index (χ0) is 16.7. The van der Waals surface area contributed by atoms with Crippen molar-refractivity contribution in [3.63, 3.8) is 0 Å². The molecule has 7 nitrogen and oxygen atoms in total. The van der Waals surface area contributed by atoms with Crippen LogP contribution in [-0.4, -0.2) is 38.9 Å². The highest BCUT2D eigenvalue weighted by Gasteiger charge is 2.22. The molecule has 1 aromatic heterocycles. The second kappa shape index (κ2) is 8.30. The van der Waals surface area contributed by atoms with E-state index >= 15 is 0 Å². The molecule has 0 aliphatic heterocycles. The maximum atomic E-state index is 11.6. The Balaban J connectivity index is 1.68. The Bertz CT molecular complexity index is 615. The van der Waals surface area contributed by atoms with Crippen LogP contribution in [-0.2, 0) is 11.3 Å². The van der Waals surface area contributed by atoms with Gasteiger partial charge in [-0.1, -0.05) is 30.3 Å². The van der Waals surface area contributed by atoms with Gasteiger partial charge >= 0.3 is 6.09 Å². The van der Waals surface area contributed by atoms with E-state index in [9.17, 15) is 15.0 Å². The number of aliphatic hydroxyl groups excluding tert-OH is 2. The number of alkyl carbamates (subject to hydrolysis) is 1. The molecule has 0 saturated carbocycles. The molecule has 0 radical (unpaired) electrons. The quantitative estimate of drug-likeness (QED) is 0.617. The third-order valence-electron chi connectivity index (χ3n) is 3.44. The summed E-state index contributed by atoms with van der Waals surface area (Å²) in [6.45, 7) is 2.14. The SMILES string of the molecule is Cc1[nH]cnc1C(O)C(O)CCNC(=O)OCc1ccccc1. The Hall–Kier alpha value is -2.38. The van der Waals surface area contributed by atoms with E-state index in [0.29, 0.717) is 11.4 Å². The Kier molecular flexibility index (Phi) is 6.13. The van der Waals surface area contributed by atoms with E-state index in [4.69, 9.17) is 4.74 Å². The number of aromatic amines is 1. The monoisotopic (exact) mass is 319 g/mol. The number of hydrogen-bond acceptors (Lipinski definition) is 5. The molecule has 2 atom stereocenters. The van der Waals surface area contributed by atoms with E-state index in [1.807, 2.05) is 30.3 Å². The summed E-state index contributed by atoms with van der Waals surface area (Å²) < 4.78 is 5.05. The molecule has 2 aromatic rings. The smallest absolute Gasteiger partial charge is 0.407 e. The summed E-state index contributed by atoms with van der Waals surface area (Å²) >= 11 is 0. The number of H-pyrrole nitrogens is 1. The summed E-state index contributed by atoms with van der Waals surface area (Å²) in [6.07, 6.45) is -1.03. The molecule has 7 heteroatoms. The molecule has 4 N–H and O–H groups in total. The van der Waals surface area contributed by atoms with Crippen LogP contribution in [0.2, 0.25) is 0 Å². The minimum absolute atomic E-state index is 0.185. The van der Waals surface area contributed by atoms with Crippen molar-refractivity contribution in [1.82, 2.24) is 15.3 Å². The number of aryl methyl sites for hydroxylation is 1. The summed E-state index contributed by atoms with van der Waals surface area (Å²) in [5.41, 5.74) is 2.00. The van der Waals surface area contributed by atoms with Gasteiger partial charge in [0.1, 0.15) is 12.7 Å². The van der Waals surface area contributed by atoms with Crippen molar-refractivity contribution in [2.75, 3.05) is 6.54 Å². The highest BCUT2D eigenvalue weighted by molar-refractivity contribution is 5.67. The Morgan fingerprint density at radius 2 is 2.09 bits per heavy atom. The van der Waals surface area contributed by atoms with Gasteiger partial charge in [-0.05, 0) is 18.9 Å². The normalized spacial score (nSPS) is 13.3. The lowest BCUT2D eigenvalue weighted by molar-refractivity contribution is 0.0110. The topological polar surface area (TPSA) is 107 Å². The molecular formula is C16H21N3O4. The molecule has 0 bridgehead atoms. The fourth-order valence-electron chi connectivity index (χ4n) is 2.10. The number of ether oxygens (including phenoxy) is 1. The van der Waals surface area contributed by atoms with Gasteiger partial charge in [0.2, 0.25) is 0 Å². The lowest BCUT2D eigenvalue weighted by Gasteiger charge is -2.17. The van der Waals surface area contributed by atoms with E-state index in [1.165, 1.54) is 6.33 Å². The van der Waals surface area contributed by atoms with Gasteiger partial charge in [-0.2, -0.15) is 0 Å². The van der Waals surface area contributed by atoms with E-state index < -0.39 is 18.3 Å². The number of nitrogens with zero attached hydrogens (tertiary/aromatic N) is 1. The van der Waals surface area contributed by atoms with E-state index in [-0.39, 0.29) is 19.6 Å². The number of aliphatic hydroxyl groups is 2. The molecule has 1 aromatic carbocycles. The maximum absolute atomic E-state index is 11.6. The van der Waals surface area contributed by atoms with Crippen LogP contribution in [0, 0.1) is 6.92 Å². The van der Waals surface area contributed by atoms with Gasteiger partial charge in [0.15, 0.2) is 0 Å². The van der Waals surface area contributed by atoms with Crippen molar-refractivity contribution in [3.05, 3.63) is 53.6 Å². The van der Waals surface area contributed by atoms with Gasteiger partial charge in [-0.15, -0.1) is 0 Å². The minimum Gasteiger partial charge on any atom is -0.445 e. The Morgan fingerprint density at radius 1 is 1.35 bits per heavy atom. The zero-order valence-electron chi connectivity index (χ0n) is 12.9. The molecule has 124 valence electrons. The number of nitrogens with one attached hydrogen (secondary N) is 2. The number of hydrogen-bond donors (Lipinski definition) is 4. The summed E-state index contributed by atoms with van der Waals surface area (Å²) in [7, 11) is 0. The van der Waals surface area contributed by atoms with Gasteiger partial charge in [0.05, 0.1) is 18.1 Å². The van der Waals surface area contributed by atoms with E-state index in [0.717, 1.165) is 5.56 Å².